The topological polar surface area (TPSA) is 3.88 Å². The first-order chi connectivity index (χ1) is 9.33. The summed E-state index contributed by atoms with van der Waals surface area (Å²) in [6, 6.07) is 13.0. The van der Waals surface area contributed by atoms with Gasteiger partial charge in [0.15, 0.2) is 18.9 Å². The molecule has 0 radical (unpaired) electrons. The van der Waals surface area contributed by atoms with Crippen LogP contribution in [0.3, 0.4) is 0 Å². The molecule has 1 heterocycles. The van der Waals surface area contributed by atoms with Crippen LogP contribution in [0.25, 0.3) is 0 Å². The van der Waals surface area contributed by atoms with E-state index in [-0.39, 0.29) is 0 Å². The first kappa shape index (κ1) is 13.8. The summed E-state index contributed by atoms with van der Waals surface area (Å²) >= 11 is 0. The van der Waals surface area contributed by atoms with Crippen molar-refractivity contribution in [1.29, 1.82) is 0 Å². The Bertz CT molecular complexity index is 502. The number of aromatic nitrogens is 1. The summed E-state index contributed by atoms with van der Waals surface area (Å²) in [5.74, 6) is 0. The molecule has 0 bridgehead atoms. The van der Waals surface area contributed by atoms with Gasteiger partial charge in [0.05, 0.1) is 0 Å². The van der Waals surface area contributed by atoms with Crippen LogP contribution < -0.4 is 4.57 Å². The zero-order chi connectivity index (χ0) is 13.5. The summed E-state index contributed by atoms with van der Waals surface area (Å²) in [6.45, 7) is 5.47. The number of aryl methyl sites for hydroxylation is 2. The minimum absolute atomic E-state index is 0.962. The third kappa shape index (κ3) is 3.92. The van der Waals surface area contributed by atoms with Gasteiger partial charge in [-0.05, 0) is 18.4 Å². The SMILES string of the molecule is CCCc1cc[n+](Cc2ccccc2)cc1CCC. The first-order valence-corrected chi connectivity index (χ1v) is 7.38. The van der Waals surface area contributed by atoms with Crippen molar-refractivity contribution < 1.29 is 4.57 Å². The van der Waals surface area contributed by atoms with E-state index in [0.29, 0.717) is 0 Å². The molecule has 1 aromatic heterocycles. The molecule has 1 aromatic carbocycles. The third-order valence-electron chi connectivity index (χ3n) is 3.45. The van der Waals surface area contributed by atoms with Crippen LogP contribution >= 0.6 is 0 Å². The summed E-state index contributed by atoms with van der Waals surface area (Å²) in [5.41, 5.74) is 4.40. The maximum atomic E-state index is 2.33. The van der Waals surface area contributed by atoms with E-state index in [0.717, 1.165) is 6.54 Å². The molecule has 0 aliphatic rings. The van der Waals surface area contributed by atoms with Gasteiger partial charge in [-0.2, -0.15) is 0 Å². The van der Waals surface area contributed by atoms with E-state index >= 15 is 0 Å². The number of benzene rings is 1. The van der Waals surface area contributed by atoms with Crippen LogP contribution in [0.15, 0.2) is 48.8 Å². The molecule has 0 fully saturated rings. The van der Waals surface area contributed by atoms with Gasteiger partial charge in [-0.1, -0.05) is 57.0 Å². The summed E-state index contributed by atoms with van der Waals surface area (Å²) in [7, 11) is 0. The lowest BCUT2D eigenvalue weighted by Crippen LogP contribution is -2.34. The monoisotopic (exact) mass is 254 g/mol. The van der Waals surface area contributed by atoms with E-state index in [4.69, 9.17) is 0 Å². The van der Waals surface area contributed by atoms with Crippen molar-refractivity contribution >= 4 is 0 Å². The Morgan fingerprint density at radius 3 is 2.21 bits per heavy atom. The minimum Gasteiger partial charge on any atom is -0.200 e. The van der Waals surface area contributed by atoms with Crippen LogP contribution in [0.2, 0.25) is 0 Å². The fourth-order valence-electron chi connectivity index (χ4n) is 2.52. The lowest BCUT2D eigenvalue weighted by atomic mass is 10.0. The second-order valence-electron chi connectivity index (χ2n) is 5.15. The smallest absolute Gasteiger partial charge is 0.173 e. The molecule has 0 unspecified atom stereocenters. The van der Waals surface area contributed by atoms with E-state index in [9.17, 15) is 0 Å². The third-order valence-corrected chi connectivity index (χ3v) is 3.45. The van der Waals surface area contributed by atoms with Crippen LogP contribution in [-0.4, -0.2) is 0 Å². The molecule has 100 valence electrons. The van der Waals surface area contributed by atoms with Gasteiger partial charge in [0.1, 0.15) is 0 Å². The van der Waals surface area contributed by atoms with Gasteiger partial charge in [0.2, 0.25) is 0 Å². The lowest BCUT2D eigenvalue weighted by molar-refractivity contribution is -0.688. The number of hydrogen-bond donors (Lipinski definition) is 0. The molecule has 0 atom stereocenters. The molecule has 1 nitrogen and oxygen atoms in total. The van der Waals surface area contributed by atoms with Crippen molar-refractivity contribution in [2.45, 2.75) is 46.1 Å². The van der Waals surface area contributed by atoms with Gasteiger partial charge in [0.25, 0.3) is 0 Å². The minimum atomic E-state index is 0.962. The molecular formula is C18H24N+. The molecule has 19 heavy (non-hydrogen) atoms. The van der Waals surface area contributed by atoms with E-state index in [1.165, 1.54) is 42.4 Å². The number of hydrogen-bond acceptors (Lipinski definition) is 0. The molecule has 0 amide bonds. The normalized spacial score (nSPS) is 10.6. The quantitative estimate of drug-likeness (QED) is 0.688. The lowest BCUT2D eigenvalue weighted by Gasteiger charge is -2.07. The van der Waals surface area contributed by atoms with Gasteiger partial charge >= 0.3 is 0 Å². The van der Waals surface area contributed by atoms with E-state index in [2.05, 4.69) is 67.2 Å². The van der Waals surface area contributed by atoms with Gasteiger partial charge in [0, 0.05) is 17.2 Å². The Morgan fingerprint density at radius 2 is 1.53 bits per heavy atom. The Balaban J connectivity index is 2.20. The molecule has 2 rings (SSSR count). The van der Waals surface area contributed by atoms with Crippen molar-refractivity contribution in [3.8, 4) is 0 Å². The van der Waals surface area contributed by atoms with Crippen LogP contribution in [0, 0.1) is 0 Å². The number of pyridine rings is 1. The van der Waals surface area contributed by atoms with Crippen LogP contribution in [0.4, 0.5) is 0 Å². The van der Waals surface area contributed by atoms with Crippen LogP contribution in [0.5, 0.6) is 0 Å². The Hall–Kier alpha value is -1.63. The van der Waals surface area contributed by atoms with Gasteiger partial charge in [-0.15, -0.1) is 0 Å². The Labute approximate surface area is 116 Å². The molecule has 0 saturated carbocycles. The summed E-state index contributed by atoms with van der Waals surface area (Å²) in [4.78, 5) is 0. The Morgan fingerprint density at radius 1 is 0.842 bits per heavy atom. The molecule has 0 saturated heterocycles. The predicted molar refractivity (Wildman–Crippen MR) is 80.2 cm³/mol. The van der Waals surface area contributed by atoms with Crippen molar-refractivity contribution in [3.05, 3.63) is 65.5 Å². The predicted octanol–water partition coefficient (Wildman–Crippen LogP) is 3.93. The highest BCUT2D eigenvalue weighted by molar-refractivity contribution is 5.22. The van der Waals surface area contributed by atoms with Crippen LogP contribution in [-0.2, 0) is 19.4 Å². The molecule has 0 spiro atoms. The number of nitrogens with zero attached hydrogens (tertiary/aromatic N) is 1. The first-order valence-electron chi connectivity index (χ1n) is 7.38. The fraction of sp³-hybridized carbons (Fsp3) is 0.389. The van der Waals surface area contributed by atoms with Gasteiger partial charge in [-0.25, -0.2) is 4.57 Å². The maximum Gasteiger partial charge on any atom is 0.173 e. The maximum absolute atomic E-state index is 2.33. The Kier molecular flexibility index (Phi) is 5.14. The zero-order valence-electron chi connectivity index (χ0n) is 12.1. The van der Waals surface area contributed by atoms with Crippen LogP contribution in [0.1, 0.15) is 43.4 Å². The van der Waals surface area contributed by atoms with E-state index in [1.807, 2.05) is 0 Å². The standard InChI is InChI=1S/C18H24N/c1-3-8-17-12-13-19(15-18(17)9-4-2)14-16-10-6-5-7-11-16/h5-7,10-13,15H,3-4,8-9,14H2,1-2H3/q+1. The molecule has 2 aromatic rings. The zero-order valence-corrected chi connectivity index (χ0v) is 12.1. The van der Waals surface area contributed by atoms with Crippen molar-refractivity contribution in [1.82, 2.24) is 0 Å². The molecule has 0 aliphatic heterocycles. The largest absolute Gasteiger partial charge is 0.200 e. The molecule has 1 heteroatoms. The summed E-state index contributed by atoms with van der Waals surface area (Å²) in [6.07, 6.45) is 9.37. The highest BCUT2D eigenvalue weighted by atomic mass is 14.9. The second kappa shape index (κ2) is 7.08. The number of rotatable bonds is 6. The molecule has 0 N–H and O–H groups in total. The second-order valence-corrected chi connectivity index (χ2v) is 5.15. The van der Waals surface area contributed by atoms with E-state index in [1.54, 1.807) is 0 Å². The highest BCUT2D eigenvalue weighted by Gasteiger charge is 2.09. The average molecular weight is 254 g/mol. The summed E-state index contributed by atoms with van der Waals surface area (Å²) < 4.78 is 2.31. The van der Waals surface area contributed by atoms with Crippen molar-refractivity contribution in [2.75, 3.05) is 0 Å². The fourth-order valence-corrected chi connectivity index (χ4v) is 2.52. The van der Waals surface area contributed by atoms with E-state index < -0.39 is 0 Å². The summed E-state index contributed by atoms with van der Waals surface area (Å²) in [5, 5.41) is 0. The average Bonchev–Trinajstić information content (AvgIpc) is 2.43. The van der Waals surface area contributed by atoms with Gasteiger partial charge in [-0.3, -0.25) is 0 Å². The molecule has 0 aliphatic carbocycles. The van der Waals surface area contributed by atoms with Crippen molar-refractivity contribution in [2.24, 2.45) is 0 Å². The highest BCUT2D eigenvalue weighted by Crippen LogP contribution is 2.11. The van der Waals surface area contributed by atoms with Gasteiger partial charge < -0.3 is 0 Å². The molecular weight excluding hydrogens is 230 g/mol. The van der Waals surface area contributed by atoms with Crippen molar-refractivity contribution in [3.63, 3.8) is 0 Å².